The topological polar surface area (TPSA) is 72.5 Å². The Hall–Kier alpha value is -0.610. The van der Waals surface area contributed by atoms with Crippen molar-refractivity contribution in [3.05, 3.63) is 0 Å². The van der Waals surface area contributed by atoms with Crippen LogP contribution >= 0.6 is 0 Å². The average Bonchev–Trinajstić information content (AvgIpc) is 1.87. The lowest BCUT2D eigenvalue weighted by atomic mass is 10.2. The van der Waals surface area contributed by atoms with E-state index in [2.05, 4.69) is 4.74 Å². The van der Waals surface area contributed by atoms with Gasteiger partial charge in [0.15, 0.2) is 0 Å². The van der Waals surface area contributed by atoms with Crippen molar-refractivity contribution in [3.63, 3.8) is 0 Å². The van der Waals surface area contributed by atoms with Crippen molar-refractivity contribution < 1.29 is 14.6 Å². The van der Waals surface area contributed by atoms with Crippen molar-refractivity contribution in [1.29, 1.82) is 0 Å². The summed E-state index contributed by atoms with van der Waals surface area (Å²) >= 11 is 0. The van der Waals surface area contributed by atoms with Crippen LogP contribution in [0.1, 0.15) is 6.42 Å². The lowest BCUT2D eigenvalue weighted by Gasteiger charge is -2.03. The average molecular weight is 133 g/mol. The van der Waals surface area contributed by atoms with E-state index in [0.717, 1.165) is 0 Å². The Balaban J connectivity index is 3.34. The molecule has 0 aliphatic heterocycles. The third kappa shape index (κ3) is 3.93. The quantitative estimate of drug-likeness (QED) is 0.478. The normalized spacial score (nSPS) is 12.8. The van der Waals surface area contributed by atoms with Crippen LogP contribution in [0.3, 0.4) is 0 Å². The molecule has 3 N–H and O–H groups in total. The zero-order chi connectivity index (χ0) is 7.28. The third-order valence-corrected chi connectivity index (χ3v) is 0.902. The fraction of sp³-hybridized carbons (Fsp3) is 0.800. The Bertz CT molecular complexity index is 94.2. The van der Waals surface area contributed by atoms with Crippen LogP contribution in [-0.2, 0) is 9.53 Å². The maximum Gasteiger partial charge on any atom is 0.308 e. The van der Waals surface area contributed by atoms with Gasteiger partial charge in [-0.15, -0.1) is 0 Å². The second-order valence-electron chi connectivity index (χ2n) is 1.67. The number of hydrogen-bond donors (Lipinski definition) is 2. The van der Waals surface area contributed by atoms with Gasteiger partial charge >= 0.3 is 5.97 Å². The lowest BCUT2D eigenvalue weighted by molar-refractivity contribution is -0.142. The van der Waals surface area contributed by atoms with Gasteiger partial charge in [-0.25, -0.2) is 0 Å². The molecule has 0 aromatic rings. The van der Waals surface area contributed by atoms with Crippen LogP contribution in [0, 0.1) is 0 Å². The zero-order valence-electron chi connectivity index (χ0n) is 5.33. The molecule has 0 aliphatic rings. The van der Waals surface area contributed by atoms with E-state index < -0.39 is 12.1 Å². The largest absolute Gasteiger partial charge is 0.469 e. The lowest BCUT2D eigenvalue weighted by Crippen LogP contribution is -2.23. The van der Waals surface area contributed by atoms with Gasteiger partial charge in [-0.1, -0.05) is 0 Å². The summed E-state index contributed by atoms with van der Waals surface area (Å²) in [6.45, 7) is 0.0924. The minimum absolute atomic E-state index is 0.0208. The van der Waals surface area contributed by atoms with Crippen LogP contribution in [0.15, 0.2) is 0 Å². The number of methoxy groups -OCH3 is 1. The van der Waals surface area contributed by atoms with E-state index in [1.54, 1.807) is 0 Å². The summed E-state index contributed by atoms with van der Waals surface area (Å²) in [5.41, 5.74) is 5.02. The van der Waals surface area contributed by atoms with Gasteiger partial charge in [0.1, 0.15) is 0 Å². The number of ether oxygens (including phenoxy) is 1. The number of aliphatic hydroxyl groups is 1. The van der Waals surface area contributed by atoms with Gasteiger partial charge in [0.2, 0.25) is 0 Å². The van der Waals surface area contributed by atoms with E-state index in [9.17, 15) is 4.79 Å². The van der Waals surface area contributed by atoms with Gasteiger partial charge < -0.3 is 15.6 Å². The monoisotopic (exact) mass is 133 g/mol. The molecule has 0 saturated heterocycles. The predicted octanol–water partition coefficient (Wildman–Crippen LogP) is -1.13. The molecule has 9 heavy (non-hydrogen) atoms. The van der Waals surface area contributed by atoms with Gasteiger partial charge in [-0.3, -0.25) is 4.79 Å². The maximum atomic E-state index is 10.3. The third-order valence-electron chi connectivity index (χ3n) is 0.902. The molecule has 0 rings (SSSR count). The molecule has 0 bridgehead atoms. The highest BCUT2D eigenvalue weighted by Gasteiger charge is 2.07. The maximum absolute atomic E-state index is 10.3. The van der Waals surface area contributed by atoms with E-state index in [1.165, 1.54) is 7.11 Å². The zero-order valence-corrected chi connectivity index (χ0v) is 5.33. The molecular weight excluding hydrogens is 122 g/mol. The number of rotatable bonds is 3. The van der Waals surface area contributed by atoms with Crippen molar-refractivity contribution >= 4 is 5.97 Å². The number of carbonyl (C=O) groups excluding carboxylic acids is 1. The molecule has 0 spiro atoms. The molecule has 0 saturated carbocycles. The Morgan fingerprint density at radius 3 is 2.78 bits per heavy atom. The molecule has 54 valence electrons. The predicted molar refractivity (Wildman–Crippen MR) is 31.7 cm³/mol. The Morgan fingerprint density at radius 2 is 2.44 bits per heavy atom. The summed E-state index contributed by atoms with van der Waals surface area (Å²) in [6.07, 6.45) is -0.787. The Labute approximate surface area is 53.6 Å². The molecule has 0 aliphatic carbocycles. The highest BCUT2D eigenvalue weighted by Crippen LogP contribution is 1.89. The van der Waals surface area contributed by atoms with Crippen LogP contribution in [0.4, 0.5) is 0 Å². The molecule has 0 amide bonds. The van der Waals surface area contributed by atoms with Gasteiger partial charge in [-0.2, -0.15) is 0 Å². The Kier molecular flexibility index (Phi) is 4.00. The smallest absolute Gasteiger partial charge is 0.308 e. The molecular formula is C5H11NO3. The minimum atomic E-state index is -0.766. The molecule has 1 unspecified atom stereocenters. The highest BCUT2D eigenvalue weighted by molar-refractivity contribution is 5.69. The number of hydrogen-bond acceptors (Lipinski definition) is 4. The van der Waals surface area contributed by atoms with Crippen LogP contribution in [-0.4, -0.2) is 30.8 Å². The molecule has 0 aromatic heterocycles. The van der Waals surface area contributed by atoms with Crippen LogP contribution in [0.2, 0.25) is 0 Å². The van der Waals surface area contributed by atoms with E-state index >= 15 is 0 Å². The second kappa shape index (κ2) is 4.29. The summed E-state index contributed by atoms with van der Waals surface area (Å²) in [5, 5.41) is 8.73. The fourth-order valence-electron chi connectivity index (χ4n) is 0.359. The first-order valence-electron chi connectivity index (χ1n) is 2.65. The van der Waals surface area contributed by atoms with Gasteiger partial charge in [0.05, 0.1) is 19.6 Å². The van der Waals surface area contributed by atoms with Gasteiger partial charge in [-0.05, 0) is 0 Å². The number of aliphatic hydroxyl groups excluding tert-OH is 1. The summed E-state index contributed by atoms with van der Waals surface area (Å²) in [4.78, 5) is 10.3. The minimum Gasteiger partial charge on any atom is -0.469 e. The molecule has 4 nitrogen and oxygen atoms in total. The first-order chi connectivity index (χ1) is 4.20. The summed E-state index contributed by atoms with van der Waals surface area (Å²) in [7, 11) is 1.27. The van der Waals surface area contributed by atoms with Gasteiger partial charge in [0.25, 0.3) is 0 Å². The van der Waals surface area contributed by atoms with E-state index in [4.69, 9.17) is 10.8 Å². The summed E-state index contributed by atoms with van der Waals surface area (Å²) in [5.74, 6) is -0.437. The van der Waals surface area contributed by atoms with Gasteiger partial charge in [0, 0.05) is 6.54 Å². The van der Waals surface area contributed by atoms with Crippen LogP contribution in [0.25, 0.3) is 0 Å². The summed E-state index contributed by atoms with van der Waals surface area (Å²) in [6, 6.07) is 0. The van der Waals surface area contributed by atoms with E-state index in [0.29, 0.717) is 0 Å². The van der Waals surface area contributed by atoms with E-state index in [1.807, 2.05) is 0 Å². The molecule has 0 aromatic carbocycles. The first kappa shape index (κ1) is 8.39. The van der Waals surface area contributed by atoms with Crippen molar-refractivity contribution in [3.8, 4) is 0 Å². The highest BCUT2D eigenvalue weighted by atomic mass is 16.5. The number of nitrogens with two attached hydrogens (primary N) is 1. The second-order valence-corrected chi connectivity index (χ2v) is 1.67. The SMILES string of the molecule is COC(=O)CC(O)CN. The standard InChI is InChI=1S/C5H11NO3/c1-9-5(8)2-4(7)3-6/h4,7H,2-3,6H2,1H3. The van der Waals surface area contributed by atoms with Crippen molar-refractivity contribution in [2.24, 2.45) is 5.73 Å². The van der Waals surface area contributed by atoms with E-state index in [-0.39, 0.29) is 13.0 Å². The molecule has 0 radical (unpaired) electrons. The van der Waals surface area contributed by atoms with Crippen LogP contribution in [0.5, 0.6) is 0 Å². The van der Waals surface area contributed by atoms with Crippen LogP contribution < -0.4 is 5.73 Å². The molecule has 0 fully saturated rings. The molecule has 0 heterocycles. The molecule has 4 heteroatoms. The van der Waals surface area contributed by atoms with Crippen molar-refractivity contribution in [2.75, 3.05) is 13.7 Å². The number of carbonyl (C=O) groups is 1. The Morgan fingerprint density at radius 1 is 1.89 bits per heavy atom. The molecule has 1 atom stereocenters. The summed E-state index contributed by atoms with van der Waals surface area (Å²) < 4.78 is 4.27. The fourth-order valence-corrected chi connectivity index (χ4v) is 0.359. The van der Waals surface area contributed by atoms with Crippen molar-refractivity contribution in [2.45, 2.75) is 12.5 Å². The first-order valence-corrected chi connectivity index (χ1v) is 2.65. The van der Waals surface area contributed by atoms with Crippen molar-refractivity contribution in [1.82, 2.24) is 0 Å². The number of esters is 1.